The Morgan fingerprint density at radius 2 is 1.72 bits per heavy atom. The Balaban J connectivity index is 1.56. The van der Waals surface area contributed by atoms with E-state index in [0.29, 0.717) is 11.7 Å². The lowest BCUT2D eigenvalue weighted by atomic mass is 9.79. The van der Waals surface area contributed by atoms with Crippen molar-refractivity contribution in [1.82, 2.24) is 5.32 Å². The maximum Gasteiger partial charge on any atom is 0.120 e. The number of ether oxygens (including phenoxy) is 1. The predicted octanol–water partition coefficient (Wildman–Crippen LogP) is 6.63. The van der Waals surface area contributed by atoms with Crippen molar-refractivity contribution in [3.63, 3.8) is 0 Å². The van der Waals surface area contributed by atoms with E-state index in [1.807, 2.05) is 12.1 Å². The summed E-state index contributed by atoms with van der Waals surface area (Å²) in [6, 6.07) is 21.5. The highest BCUT2D eigenvalue weighted by atomic mass is 16.5. The number of nitrogens with zero attached hydrogens (tertiary/aromatic N) is 1. The molecule has 0 unspecified atom stereocenters. The zero-order chi connectivity index (χ0) is 25.7. The molecule has 0 spiro atoms. The minimum Gasteiger partial charge on any atom is -0.508 e. The Morgan fingerprint density at radius 3 is 2.42 bits per heavy atom. The van der Waals surface area contributed by atoms with Crippen LogP contribution in [0.3, 0.4) is 0 Å². The number of likely N-dealkylation sites (N-methyl/N-ethyl adjacent to an activating group) is 1. The summed E-state index contributed by atoms with van der Waals surface area (Å²) in [5.74, 6) is 1.72. The van der Waals surface area contributed by atoms with Crippen LogP contribution in [0.2, 0.25) is 0 Å². The van der Waals surface area contributed by atoms with Crippen LogP contribution in [-0.4, -0.2) is 30.8 Å². The molecule has 2 N–H and O–H groups in total. The summed E-state index contributed by atoms with van der Waals surface area (Å²) in [5.41, 5.74) is 8.07. The number of hydrogen-bond donors (Lipinski definition) is 2. The number of phenolic OH excluding ortho intramolecular Hbond substituents is 1. The Morgan fingerprint density at radius 1 is 0.972 bits per heavy atom. The Labute approximate surface area is 217 Å². The molecule has 0 saturated carbocycles. The van der Waals surface area contributed by atoms with Gasteiger partial charge in [-0.2, -0.15) is 0 Å². The zero-order valence-corrected chi connectivity index (χ0v) is 22.6. The van der Waals surface area contributed by atoms with E-state index >= 15 is 0 Å². The van der Waals surface area contributed by atoms with Crippen molar-refractivity contribution in [3.05, 3.63) is 88.5 Å². The van der Waals surface area contributed by atoms with E-state index in [1.165, 1.54) is 33.5 Å². The molecule has 0 radical (unpaired) electrons. The number of rotatable bonds is 10. The van der Waals surface area contributed by atoms with Gasteiger partial charge in [0.2, 0.25) is 0 Å². The van der Waals surface area contributed by atoms with Crippen molar-refractivity contribution in [3.8, 4) is 11.5 Å². The molecule has 4 heteroatoms. The van der Waals surface area contributed by atoms with E-state index in [4.69, 9.17) is 4.74 Å². The van der Waals surface area contributed by atoms with Crippen LogP contribution in [0.1, 0.15) is 67.9 Å². The number of hydrogen-bond acceptors (Lipinski definition) is 4. The van der Waals surface area contributed by atoms with Crippen LogP contribution < -0.4 is 15.0 Å². The van der Waals surface area contributed by atoms with E-state index in [2.05, 4.69) is 86.4 Å². The van der Waals surface area contributed by atoms with Gasteiger partial charge in [-0.15, -0.1) is 0 Å². The van der Waals surface area contributed by atoms with E-state index < -0.39 is 0 Å². The van der Waals surface area contributed by atoms with E-state index in [-0.39, 0.29) is 5.54 Å². The van der Waals surface area contributed by atoms with Crippen LogP contribution in [-0.2, 0) is 25.8 Å². The number of benzene rings is 3. The van der Waals surface area contributed by atoms with E-state index in [9.17, 15) is 5.11 Å². The lowest BCUT2D eigenvalue weighted by Crippen LogP contribution is -2.41. The van der Waals surface area contributed by atoms with Crippen molar-refractivity contribution >= 4 is 5.69 Å². The van der Waals surface area contributed by atoms with Gasteiger partial charge in [-0.25, -0.2) is 0 Å². The molecule has 0 bridgehead atoms. The van der Waals surface area contributed by atoms with Crippen LogP contribution in [0.5, 0.6) is 11.5 Å². The number of anilines is 1. The minimum absolute atomic E-state index is 0.0958. The fourth-order valence-electron chi connectivity index (χ4n) is 5.68. The summed E-state index contributed by atoms with van der Waals surface area (Å²) in [4.78, 5) is 2.47. The molecule has 192 valence electrons. The van der Waals surface area contributed by atoms with Crippen molar-refractivity contribution in [1.29, 1.82) is 0 Å². The topological polar surface area (TPSA) is 44.7 Å². The van der Waals surface area contributed by atoms with Crippen LogP contribution in [0.4, 0.5) is 5.69 Å². The summed E-state index contributed by atoms with van der Waals surface area (Å²) in [6.45, 7) is 11.7. The first-order valence-electron chi connectivity index (χ1n) is 13.4. The molecule has 36 heavy (non-hydrogen) atoms. The van der Waals surface area contributed by atoms with Gasteiger partial charge in [-0.3, -0.25) is 0 Å². The lowest BCUT2D eigenvalue weighted by molar-refractivity contribution is 0.397. The largest absolute Gasteiger partial charge is 0.508 e. The second-order valence-corrected chi connectivity index (χ2v) is 10.7. The summed E-state index contributed by atoms with van der Waals surface area (Å²) in [5, 5.41) is 13.5. The molecule has 4 nitrogen and oxygen atoms in total. The minimum atomic E-state index is 0.0958. The van der Waals surface area contributed by atoms with Crippen LogP contribution >= 0.6 is 0 Å². The maximum atomic E-state index is 9.89. The third kappa shape index (κ3) is 6.22. The van der Waals surface area contributed by atoms with E-state index in [0.717, 1.165) is 51.1 Å². The molecule has 1 atom stereocenters. The molecular formula is C32H42N2O2. The molecule has 0 fully saturated rings. The number of fused-ring (bicyclic) bond motifs is 1. The van der Waals surface area contributed by atoms with Crippen molar-refractivity contribution in [2.75, 3.05) is 25.1 Å². The number of phenols is 1. The molecular weight excluding hydrogens is 444 g/mol. The smallest absolute Gasteiger partial charge is 0.120 e. The fraction of sp³-hybridized carbons (Fsp3) is 0.438. The third-order valence-electron chi connectivity index (χ3n) is 7.52. The monoisotopic (exact) mass is 486 g/mol. The highest BCUT2D eigenvalue weighted by Gasteiger charge is 2.25. The van der Waals surface area contributed by atoms with Crippen molar-refractivity contribution in [2.45, 2.75) is 71.4 Å². The molecule has 0 aliphatic heterocycles. The quantitative estimate of drug-likeness (QED) is 0.338. The van der Waals surface area contributed by atoms with Gasteiger partial charge in [-0.1, -0.05) is 43.3 Å². The highest BCUT2D eigenvalue weighted by Crippen LogP contribution is 2.40. The van der Waals surface area contributed by atoms with Crippen molar-refractivity contribution in [2.24, 2.45) is 0 Å². The standard InChI is InChI=1S/C32H42N2O2/c1-6-33-32(3,4)21-23-8-10-24(11-9-23)22-34(7-2)31-20-29(36-5)16-17-30(31)27-13-12-26-19-28(35)15-14-25(26)18-27/h8-11,14-17,19-20,27,33,35H,6-7,12-13,18,21-22H2,1-5H3/t27-/m1/s1. The number of methoxy groups -OCH3 is 1. The molecule has 1 aliphatic rings. The van der Waals surface area contributed by atoms with Gasteiger partial charge in [0.05, 0.1) is 7.11 Å². The number of nitrogens with one attached hydrogen (secondary N) is 1. The molecule has 4 rings (SSSR count). The van der Waals surface area contributed by atoms with Crippen LogP contribution in [0.25, 0.3) is 0 Å². The molecule has 0 heterocycles. The predicted molar refractivity (Wildman–Crippen MR) is 150 cm³/mol. The second kappa shape index (κ2) is 11.4. The SMILES string of the molecule is CCNC(C)(C)Cc1ccc(CN(CC)c2cc(OC)ccc2[C@@H]2CCc3cc(O)ccc3C2)cc1. The molecule has 1 aliphatic carbocycles. The van der Waals surface area contributed by atoms with Gasteiger partial charge in [0.1, 0.15) is 11.5 Å². The first-order valence-corrected chi connectivity index (χ1v) is 13.4. The van der Waals surface area contributed by atoms with Crippen LogP contribution in [0, 0.1) is 0 Å². The summed E-state index contributed by atoms with van der Waals surface area (Å²) >= 11 is 0. The first-order chi connectivity index (χ1) is 17.3. The average molecular weight is 487 g/mol. The van der Waals surface area contributed by atoms with Crippen LogP contribution in [0.15, 0.2) is 60.7 Å². The number of aryl methyl sites for hydroxylation is 1. The Kier molecular flexibility index (Phi) is 8.25. The summed E-state index contributed by atoms with van der Waals surface area (Å²) < 4.78 is 5.63. The van der Waals surface area contributed by atoms with Crippen molar-refractivity contribution < 1.29 is 9.84 Å². The van der Waals surface area contributed by atoms with Gasteiger partial charge < -0.3 is 20.1 Å². The molecule has 3 aromatic rings. The average Bonchev–Trinajstić information content (AvgIpc) is 2.87. The fourth-order valence-corrected chi connectivity index (χ4v) is 5.68. The molecule has 0 amide bonds. The first kappa shape index (κ1) is 26.1. The van der Waals surface area contributed by atoms with Gasteiger partial charge in [0, 0.05) is 30.4 Å². The van der Waals surface area contributed by atoms with Gasteiger partial charge >= 0.3 is 0 Å². The lowest BCUT2D eigenvalue weighted by Gasteiger charge is -2.32. The Hall–Kier alpha value is -2.98. The summed E-state index contributed by atoms with van der Waals surface area (Å²) in [6.07, 6.45) is 4.10. The molecule has 3 aromatic carbocycles. The zero-order valence-electron chi connectivity index (χ0n) is 22.6. The second-order valence-electron chi connectivity index (χ2n) is 10.7. The highest BCUT2D eigenvalue weighted by molar-refractivity contribution is 5.60. The summed E-state index contributed by atoms with van der Waals surface area (Å²) in [7, 11) is 1.74. The number of aromatic hydroxyl groups is 1. The third-order valence-corrected chi connectivity index (χ3v) is 7.52. The Bertz CT molecular complexity index is 1150. The van der Waals surface area contributed by atoms with E-state index in [1.54, 1.807) is 7.11 Å². The van der Waals surface area contributed by atoms with Gasteiger partial charge in [0.25, 0.3) is 0 Å². The maximum absolute atomic E-state index is 9.89. The van der Waals surface area contributed by atoms with Gasteiger partial charge in [-0.05, 0) is 105 Å². The molecule has 0 saturated heterocycles. The molecule has 0 aromatic heterocycles. The van der Waals surface area contributed by atoms with Gasteiger partial charge in [0.15, 0.2) is 0 Å². The normalized spacial score (nSPS) is 15.4.